The maximum Gasteiger partial charge on any atom is 0.262 e. The van der Waals surface area contributed by atoms with Gasteiger partial charge >= 0.3 is 0 Å². The van der Waals surface area contributed by atoms with Crippen molar-refractivity contribution in [2.45, 2.75) is 18.4 Å². The standard InChI is InChI=1S/C18H18ClN3O5S/c1-2-20-18(24)12-5-3-11(4-6-12)9-21-28(25,26)16-8-15-14(7-13(16)19)22-17(23)10-27-15/h3-8,21H,2,9-10H2,1H3,(H,20,24)(H,22,23). The lowest BCUT2D eigenvalue weighted by Gasteiger charge is -2.19. The number of benzene rings is 2. The van der Waals surface area contributed by atoms with E-state index in [4.69, 9.17) is 16.3 Å². The molecule has 0 spiro atoms. The highest BCUT2D eigenvalue weighted by atomic mass is 35.5. The number of sulfonamides is 1. The fourth-order valence-corrected chi connectivity index (χ4v) is 4.14. The molecule has 2 aromatic carbocycles. The van der Waals surface area contributed by atoms with E-state index in [1.54, 1.807) is 24.3 Å². The van der Waals surface area contributed by atoms with Crippen molar-refractivity contribution >= 4 is 39.1 Å². The maximum atomic E-state index is 12.6. The molecule has 0 bridgehead atoms. The smallest absolute Gasteiger partial charge is 0.262 e. The van der Waals surface area contributed by atoms with Gasteiger partial charge in [0.05, 0.1) is 10.7 Å². The predicted octanol–water partition coefficient (Wildman–Crippen LogP) is 1.90. The summed E-state index contributed by atoms with van der Waals surface area (Å²) in [6.45, 7) is 2.17. The molecule has 0 fully saturated rings. The van der Waals surface area contributed by atoms with Crippen LogP contribution in [-0.4, -0.2) is 33.4 Å². The number of rotatable bonds is 6. The molecule has 8 nitrogen and oxygen atoms in total. The van der Waals surface area contributed by atoms with E-state index in [0.717, 1.165) is 0 Å². The number of hydrogen-bond donors (Lipinski definition) is 3. The summed E-state index contributed by atoms with van der Waals surface area (Å²) in [7, 11) is -3.93. The van der Waals surface area contributed by atoms with Crippen molar-refractivity contribution in [3.05, 3.63) is 52.5 Å². The van der Waals surface area contributed by atoms with Crippen molar-refractivity contribution in [2.75, 3.05) is 18.5 Å². The van der Waals surface area contributed by atoms with Crippen LogP contribution in [0.2, 0.25) is 5.02 Å². The van der Waals surface area contributed by atoms with Gasteiger partial charge in [-0.1, -0.05) is 23.7 Å². The zero-order valence-corrected chi connectivity index (χ0v) is 16.5. The highest BCUT2D eigenvalue weighted by Gasteiger charge is 2.24. The lowest BCUT2D eigenvalue weighted by Crippen LogP contribution is -2.27. The molecule has 28 heavy (non-hydrogen) atoms. The van der Waals surface area contributed by atoms with Crippen LogP contribution in [0.15, 0.2) is 41.3 Å². The predicted molar refractivity (Wildman–Crippen MR) is 104 cm³/mol. The Kier molecular flexibility index (Phi) is 5.87. The lowest BCUT2D eigenvalue weighted by atomic mass is 10.1. The molecule has 0 aliphatic carbocycles. The van der Waals surface area contributed by atoms with Crippen LogP contribution in [0.5, 0.6) is 5.75 Å². The number of halogens is 1. The van der Waals surface area contributed by atoms with Gasteiger partial charge < -0.3 is 15.4 Å². The normalized spacial score (nSPS) is 13.3. The molecule has 1 aliphatic rings. The average molecular weight is 424 g/mol. The average Bonchev–Trinajstić information content (AvgIpc) is 2.66. The van der Waals surface area contributed by atoms with E-state index in [1.165, 1.54) is 12.1 Å². The quantitative estimate of drug-likeness (QED) is 0.656. The molecule has 3 N–H and O–H groups in total. The van der Waals surface area contributed by atoms with Crippen molar-refractivity contribution in [1.29, 1.82) is 0 Å². The summed E-state index contributed by atoms with van der Waals surface area (Å²) in [4.78, 5) is 23.0. The van der Waals surface area contributed by atoms with E-state index in [9.17, 15) is 18.0 Å². The first-order valence-corrected chi connectivity index (χ1v) is 10.3. The van der Waals surface area contributed by atoms with Gasteiger partial charge in [-0.3, -0.25) is 9.59 Å². The summed E-state index contributed by atoms with van der Waals surface area (Å²) in [5, 5.41) is 5.22. The van der Waals surface area contributed by atoms with Gasteiger partial charge in [0.1, 0.15) is 10.6 Å². The molecule has 10 heteroatoms. The summed E-state index contributed by atoms with van der Waals surface area (Å²) in [6, 6.07) is 9.19. The Labute approximate surface area is 167 Å². The van der Waals surface area contributed by atoms with Crippen LogP contribution in [0.25, 0.3) is 0 Å². The van der Waals surface area contributed by atoms with Crippen LogP contribution in [-0.2, 0) is 21.4 Å². The Morgan fingerprint density at radius 3 is 2.64 bits per heavy atom. The van der Waals surface area contributed by atoms with Gasteiger partial charge in [-0.2, -0.15) is 0 Å². The summed E-state index contributed by atoms with van der Waals surface area (Å²) in [5.41, 5.74) is 1.49. The molecule has 1 heterocycles. The third kappa shape index (κ3) is 4.44. The number of ether oxygens (including phenoxy) is 1. The molecule has 0 saturated carbocycles. The first kappa shape index (κ1) is 20.1. The number of carbonyl (C=O) groups is 2. The van der Waals surface area contributed by atoms with Gasteiger partial charge in [0, 0.05) is 24.7 Å². The van der Waals surface area contributed by atoms with Crippen LogP contribution >= 0.6 is 11.6 Å². The maximum absolute atomic E-state index is 12.6. The zero-order chi connectivity index (χ0) is 20.3. The Hall–Kier alpha value is -2.62. The van der Waals surface area contributed by atoms with Gasteiger partial charge in [0.2, 0.25) is 10.0 Å². The van der Waals surface area contributed by atoms with Gasteiger partial charge in [-0.25, -0.2) is 13.1 Å². The van der Waals surface area contributed by atoms with E-state index in [2.05, 4.69) is 15.4 Å². The fourth-order valence-electron chi connectivity index (χ4n) is 2.58. The SMILES string of the molecule is CCNC(=O)c1ccc(CNS(=O)(=O)c2cc3c(cc2Cl)NC(=O)CO3)cc1. The van der Waals surface area contributed by atoms with E-state index in [1.807, 2.05) is 6.92 Å². The zero-order valence-electron chi connectivity index (χ0n) is 14.9. The minimum atomic E-state index is -3.93. The number of hydrogen-bond acceptors (Lipinski definition) is 5. The molecule has 3 rings (SSSR count). The topological polar surface area (TPSA) is 114 Å². The molecule has 0 unspecified atom stereocenters. The Morgan fingerprint density at radius 1 is 1.25 bits per heavy atom. The van der Waals surface area contributed by atoms with Crippen molar-refractivity contribution in [1.82, 2.24) is 10.0 Å². The summed E-state index contributed by atoms with van der Waals surface area (Å²) in [5.74, 6) is -0.299. The number of amides is 2. The minimum absolute atomic E-state index is 0.0169. The molecular formula is C18H18ClN3O5S. The van der Waals surface area contributed by atoms with Crippen molar-refractivity contribution in [2.24, 2.45) is 0 Å². The van der Waals surface area contributed by atoms with Crippen LogP contribution in [0.4, 0.5) is 5.69 Å². The molecule has 0 saturated heterocycles. The van der Waals surface area contributed by atoms with Crippen molar-refractivity contribution in [3.63, 3.8) is 0 Å². The van der Waals surface area contributed by atoms with E-state index < -0.39 is 10.0 Å². The number of nitrogens with one attached hydrogen (secondary N) is 3. The lowest BCUT2D eigenvalue weighted by molar-refractivity contribution is -0.118. The second-order valence-corrected chi connectivity index (χ2v) is 8.14. The third-order valence-corrected chi connectivity index (χ3v) is 5.84. The largest absolute Gasteiger partial charge is 0.482 e. The van der Waals surface area contributed by atoms with Crippen molar-refractivity contribution < 1.29 is 22.7 Å². The van der Waals surface area contributed by atoms with E-state index in [-0.39, 0.29) is 40.6 Å². The van der Waals surface area contributed by atoms with Gasteiger partial charge in [-0.15, -0.1) is 0 Å². The van der Waals surface area contributed by atoms with Crippen LogP contribution in [0.3, 0.4) is 0 Å². The minimum Gasteiger partial charge on any atom is -0.482 e. The summed E-state index contributed by atoms with van der Waals surface area (Å²) < 4.78 is 33.0. The van der Waals surface area contributed by atoms with Gasteiger partial charge in [0.15, 0.2) is 6.61 Å². The second kappa shape index (κ2) is 8.17. The Bertz CT molecular complexity index is 1020. The Morgan fingerprint density at radius 2 is 1.96 bits per heavy atom. The molecular weight excluding hydrogens is 406 g/mol. The molecule has 0 radical (unpaired) electrons. The Balaban J connectivity index is 1.74. The second-order valence-electron chi connectivity index (χ2n) is 6.00. The fraction of sp³-hybridized carbons (Fsp3) is 0.222. The first-order valence-electron chi connectivity index (χ1n) is 8.43. The third-order valence-electron chi connectivity index (χ3n) is 3.98. The van der Waals surface area contributed by atoms with Gasteiger partial charge in [0.25, 0.3) is 11.8 Å². The molecule has 0 aromatic heterocycles. The highest BCUT2D eigenvalue weighted by molar-refractivity contribution is 7.89. The van der Waals surface area contributed by atoms with Crippen LogP contribution < -0.4 is 20.1 Å². The number of carbonyl (C=O) groups excluding carboxylic acids is 2. The number of fused-ring (bicyclic) bond motifs is 1. The first-order chi connectivity index (χ1) is 13.3. The summed E-state index contributed by atoms with van der Waals surface area (Å²) >= 11 is 6.09. The number of anilines is 1. The van der Waals surface area contributed by atoms with Crippen molar-refractivity contribution in [3.8, 4) is 5.75 Å². The van der Waals surface area contributed by atoms with Crippen LogP contribution in [0, 0.1) is 0 Å². The van der Waals surface area contributed by atoms with E-state index >= 15 is 0 Å². The molecule has 148 valence electrons. The van der Waals surface area contributed by atoms with E-state index in [0.29, 0.717) is 23.4 Å². The van der Waals surface area contributed by atoms with Gasteiger partial charge in [-0.05, 0) is 30.7 Å². The van der Waals surface area contributed by atoms with Crippen LogP contribution in [0.1, 0.15) is 22.8 Å². The highest BCUT2D eigenvalue weighted by Crippen LogP contribution is 2.35. The molecule has 1 aliphatic heterocycles. The molecule has 2 aromatic rings. The monoisotopic (exact) mass is 423 g/mol. The summed E-state index contributed by atoms with van der Waals surface area (Å²) in [6.07, 6.45) is 0. The molecule has 0 atom stereocenters. The molecule has 2 amide bonds.